The highest BCUT2D eigenvalue weighted by Gasteiger charge is 2.38. The maximum absolute atomic E-state index is 12.5. The van der Waals surface area contributed by atoms with Gasteiger partial charge in [-0.25, -0.2) is 4.98 Å². The van der Waals surface area contributed by atoms with Crippen LogP contribution in [0.25, 0.3) is 0 Å². The Morgan fingerprint density at radius 1 is 1.33 bits per heavy atom. The van der Waals surface area contributed by atoms with E-state index in [1.807, 2.05) is 13.0 Å². The van der Waals surface area contributed by atoms with Crippen LogP contribution >= 0.6 is 22.7 Å². The molecule has 0 aliphatic carbocycles. The first kappa shape index (κ1) is 13.5. The van der Waals surface area contributed by atoms with E-state index in [0.717, 1.165) is 11.8 Å². The molecule has 0 fully saturated rings. The molecule has 1 atom stereocenters. The summed E-state index contributed by atoms with van der Waals surface area (Å²) in [6, 6.07) is 1.82. The van der Waals surface area contributed by atoms with Crippen molar-refractivity contribution >= 4 is 22.7 Å². The van der Waals surface area contributed by atoms with Crippen LogP contribution in [0.2, 0.25) is 0 Å². The molecule has 2 nitrogen and oxygen atoms in total. The summed E-state index contributed by atoms with van der Waals surface area (Å²) < 4.78 is 37.4. The first-order chi connectivity index (χ1) is 8.23. The number of aliphatic hydroxyl groups is 1. The van der Waals surface area contributed by atoms with Crippen molar-refractivity contribution in [3.05, 3.63) is 38.0 Å². The number of hydrogen-bond acceptors (Lipinski definition) is 4. The van der Waals surface area contributed by atoms with E-state index in [2.05, 4.69) is 4.98 Å². The van der Waals surface area contributed by atoms with E-state index in [1.54, 1.807) is 5.38 Å². The summed E-state index contributed by atoms with van der Waals surface area (Å²) in [4.78, 5) is 4.16. The number of aromatic nitrogens is 1. The smallest absolute Gasteiger partial charge is 0.379 e. The van der Waals surface area contributed by atoms with Gasteiger partial charge in [-0.2, -0.15) is 13.2 Å². The van der Waals surface area contributed by atoms with E-state index in [1.165, 1.54) is 18.3 Å². The van der Waals surface area contributed by atoms with Gasteiger partial charge in [0, 0.05) is 11.1 Å². The van der Waals surface area contributed by atoms with Crippen LogP contribution in [-0.4, -0.2) is 10.1 Å². The monoisotopic (exact) mass is 293 g/mol. The molecule has 0 saturated heterocycles. The summed E-state index contributed by atoms with van der Waals surface area (Å²) in [6.07, 6.45) is -3.38. The van der Waals surface area contributed by atoms with Crippen LogP contribution in [0, 0.1) is 6.92 Å². The molecule has 2 aromatic rings. The van der Waals surface area contributed by atoms with Crippen molar-refractivity contribution in [2.24, 2.45) is 0 Å². The fourth-order valence-corrected chi connectivity index (χ4v) is 3.52. The SMILES string of the molecule is Cc1ccsc1C(C)(O)c1cnc(C(F)(F)F)s1. The van der Waals surface area contributed by atoms with Gasteiger partial charge < -0.3 is 5.11 Å². The average molecular weight is 293 g/mol. The van der Waals surface area contributed by atoms with E-state index >= 15 is 0 Å². The minimum absolute atomic E-state index is 0.195. The van der Waals surface area contributed by atoms with Gasteiger partial charge >= 0.3 is 6.18 Å². The van der Waals surface area contributed by atoms with Gasteiger partial charge in [0.1, 0.15) is 5.60 Å². The summed E-state index contributed by atoms with van der Waals surface area (Å²) in [5, 5.41) is 11.3. The number of alkyl halides is 3. The molecule has 18 heavy (non-hydrogen) atoms. The number of halogens is 3. The summed E-state index contributed by atoms with van der Waals surface area (Å²) in [5.41, 5.74) is -0.577. The highest BCUT2D eigenvalue weighted by molar-refractivity contribution is 7.12. The minimum atomic E-state index is -4.47. The Kier molecular flexibility index (Phi) is 3.25. The Hall–Kier alpha value is -0.920. The van der Waals surface area contributed by atoms with Crippen LogP contribution in [0.5, 0.6) is 0 Å². The van der Waals surface area contributed by atoms with Gasteiger partial charge in [-0.15, -0.1) is 22.7 Å². The third-order valence-corrected chi connectivity index (χ3v) is 5.01. The van der Waals surface area contributed by atoms with Gasteiger partial charge in [-0.3, -0.25) is 0 Å². The largest absolute Gasteiger partial charge is 0.443 e. The van der Waals surface area contributed by atoms with Crippen LogP contribution in [0.15, 0.2) is 17.6 Å². The summed E-state index contributed by atoms with van der Waals surface area (Å²) >= 11 is 1.79. The van der Waals surface area contributed by atoms with Gasteiger partial charge in [0.15, 0.2) is 5.01 Å². The molecule has 2 aromatic heterocycles. The quantitative estimate of drug-likeness (QED) is 0.914. The van der Waals surface area contributed by atoms with Crippen molar-refractivity contribution in [3.8, 4) is 0 Å². The van der Waals surface area contributed by atoms with E-state index in [9.17, 15) is 18.3 Å². The lowest BCUT2D eigenvalue weighted by Crippen LogP contribution is -2.20. The summed E-state index contributed by atoms with van der Waals surface area (Å²) in [6.45, 7) is 3.30. The number of thiophene rings is 1. The molecular weight excluding hydrogens is 283 g/mol. The number of aryl methyl sites for hydroxylation is 1. The van der Waals surface area contributed by atoms with E-state index in [-0.39, 0.29) is 4.88 Å². The van der Waals surface area contributed by atoms with E-state index in [4.69, 9.17) is 0 Å². The van der Waals surface area contributed by atoms with Crippen LogP contribution < -0.4 is 0 Å². The molecule has 0 bridgehead atoms. The predicted octanol–water partition coefficient (Wildman–Crippen LogP) is 3.79. The lowest BCUT2D eigenvalue weighted by molar-refractivity contribution is -0.137. The zero-order valence-corrected chi connectivity index (χ0v) is 11.2. The van der Waals surface area contributed by atoms with Crippen molar-refractivity contribution in [3.63, 3.8) is 0 Å². The van der Waals surface area contributed by atoms with Gasteiger partial charge in [-0.1, -0.05) is 0 Å². The molecule has 0 saturated carbocycles. The third-order valence-electron chi connectivity index (χ3n) is 2.53. The second kappa shape index (κ2) is 4.32. The fourth-order valence-electron chi connectivity index (χ4n) is 1.61. The molecule has 1 N–H and O–H groups in total. The van der Waals surface area contributed by atoms with Gasteiger partial charge in [0.25, 0.3) is 0 Å². The summed E-state index contributed by atoms with van der Waals surface area (Å²) in [7, 11) is 0. The van der Waals surface area contributed by atoms with Crippen LogP contribution in [-0.2, 0) is 11.8 Å². The van der Waals surface area contributed by atoms with Crippen LogP contribution in [0.1, 0.15) is 27.2 Å². The molecule has 0 radical (unpaired) electrons. The van der Waals surface area contributed by atoms with Crippen molar-refractivity contribution < 1.29 is 18.3 Å². The zero-order valence-electron chi connectivity index (χ0n) is 9.58. The normalized spacial score (nSPS) is 15.7. The first-order valence-electron chi connectivity index (χ1n) is 5.03. The van der Waals surface area contributed by atoms with Crippen LogP contribution in [0.3, 0.4) is 0 Å². The van der Waals surface area contributed by atoms with Crippen molar-refractivity contribution in [1.82, 2.24) is 4.98 Å². The number of hydrogen-bond donors (Lipinski definition) is 1. The topological polar surface area (TPSA) is 33.1 Å². The lowest BCUT2D eigenvalue weighted by Gasteiger charge is -2.21. The number of nitrogens with zero attached hydrogens (tertiary/aromatic N) is 1. The average Bonchev–Trinajstić information content (AvgIpc) is 2.83. The molecule has 98 valence electrons. The molecule has 0 amide bonds. The Balaban J connectivity index is 2.43. The molecule has 0 aliphatic rings. The standard InChI is InChI=1S/C11H10F3NOS2/c1-6-3-4-17-8(6)10(2,16)7-5-15-9(18-7)11(12,13)14/h3-5,16H,1-2H3. The maximum Gasteiger partial charge on any atom is 0.443 e. The maximum atomic E-state index is 12.5. The van der Waals surface area contributed by atoms with Gasteiger partial charge in [-0.05, 0) is 30.9 Å². The minimum Gasteiger partial charge on any atom is -0.379 e. The summed E-state index contributed by atoms with van der Waals surface area (Å²) in [5.74, 6) is 0. The Morgan fingerprint density at radius 2 is 2.00 bits per heavy atom. The van der Waals surface area contributed by atoms with E-state index in [0.29, 0.717) is 16.2 Å². The van der Waals surface area contributed by atoms with Crippen LogP contribution in [0.4, 0.5) is 13.2 Å². The van der Waals surface area contributed by atoms with Crippen molar-refractivity contribution in [1.29, 1.82) is 0 Å². The molecule has 2 heterocycles. The molecule has 1 unspecified atom stereocenters. The second-order valence-corrected chi connectivity index (χ2v) is 5.98. The fraction of sp³-hybridized carbons (Fsp3) is 0.364. The highest BCUT2D eigenvalue weighted by atomic mass is 32.1. The predicted molar refractivity (Wildman–Crippen MR) is 64.8 cm³/mol. The Labute approximate surface area is 110 Å². The Bertz CT molecular complexity index is 557. The van der Waals surface area contributed by atoms with Crippen molar-refractivity contribution in [2.75, 3.05) is 0 Å². The molecule has 0 aliphatic heterocycles. The van der Waals surface area contributed by atoms with E-state index < -0.39 is 16.8 Å². The molecule has 2 rings (SSSR count). The third kappa shape index (κ3) is 2.30. The lowest BCUT2D eigenvalue weighted by atomic mass is 10.0. The van der Waals surface area contributed by atoms with Crippen molar-refractivity contribution in [2.45, 2.75) is 25.6 Å². The molecule has 0 spiro atoms. The molecular formula is C11H10F3NOS2. The molecule has 0 aromatic carbocycles. The number of rotatable bonds is 2. The number of thiazole rings is 1. The Morgan fingerprint density at radius 3 is 2.44 bits per heavy atom. The molecule has 7 heteroatoms. The second-order valence-electron chi connectivity index (χ2n) is 4.03. The van der Waals surface area contributed by atoms with Gasteiger partial charge in [0.2, 0.25) is 0 Å². The first-order valence-corrected chi connectivity index (χ1v) is 6.73. The zero-order chi connectivity index (χ0) is 13.6. The highest BCUT2D eigenvalue weighted by Crippen LogP contribution is 2.40. The van der Waals surface area contributed by atoms with Gasteiger partial charge in [0.05, 0.1) is 4.88 Å².